The molecule has 1 aromatic carbocycles. The lowest BCUT2D eigenvalue weighted by Crippen LogP contribution is -2.48. The molecule has 2 unspecified atom stereocenters. The van der Waals surface area contributed by atoms with Crippen LogP contribution in [-0.4, -0.2) is 44.1 Å². The molecule has 0 spiro atoms. The van der Waals surface area contributed by atoms with Crippen molar-refractivity contribution in [3.05, 3.63) is 29.3 Å². The van der Waals surface area contributed by atoms with Crippen molar-refractivity contribution >= 4 is 5.69 Å². The zero-order chi connectivity index (χ0) is 14.7. The number of nitrogens with zero attached hydrogens (tertiary/aromatic N) is 1. The summed E-state index contributed by atoms with van der Waals surface area (Å²) in [7, 11) is 1.72. The molecule has 1 fully saturated rings. The molecule has 0 amide bonds. The van der Waals surface area contributed by atoms with E-state index in [-0.39, 0.29) is 24.9 Å². The summed E-state index contributed by atoms with van der Waals surface area (Å²) in [5.41, 5.74) is 0.518. The zero-order valence-electron chi connectivity index (χ0n) is 11.7. The Labute approximate surface area is 117 Å². The van der Waals surface area contributed by atoms with E-state index >= 15 is 0 Å². The summed E-state index contributed by atoms with van der Waals surface area (Å²) in [6.07, 6.45) is -0.605. The number of halogens is 2. The first-order valence-corrected chi connectivity index (χ1v) is 6.69. The lowest BCUT2D eigenvalue weighted by Gasteiger charge is -2.37. The molecule has 0 saturated carbocycles. The second-order valence-electron chi connectivity index (χ2n) is 5.09. The van der Waals surface area contributed by atoms with Gasteiger partial charge in [-0.15, -0.1) is 0 Å². The van der Waals surface area contributed by atoms with E-state index < -0.39 is 17.7 Å². The Hall–Kier alpha value is -1.24. The van der Waals surface area contributed by atoms with Crippen molar-refractivity contribution in [1.82, 2.24) is 5.32 Å². The van der Waals surface area contributed by atoms with Crippen molar-refractivity contribution in [3.8, 4) is 0 Å². The van der Waals surface area contributed by atoms with Gasteiger partial charge < -0.3 is 20.1 Å². The number of nitrogens with one attached hydrogen (secondary N) is 1. The van der Waals surface area contributed by atoms with Gasteiger partial charge in [-0.3, -0.25) is 0 Å². The van der Waals surface area contributed by atoms with Crippen LogP contribution in [0.5, 0.6) is 0 Å². The van der Waals surface area contributed by atoms with Gasteiger partial charge in [0.05, 0.1) is 18.8 Å². The number of hydrogen-bond acceptors (Lipinski definition) is 4. The van der Waals surface area contributed by atoms with Gasteiger partial charge in [-0.1, -0.05) is 0 Å². The molecule has 6 heteroatoms. The molecule has 1 aliphatic heterocycles. The Morgan fingerprint density at radius 2 is 2.00 bits per heavy atom. The van der Waals surface area contributed by atoms with Gasteiger partial charge in [0.15, 0.2) is 0 Å². The summed E-state index contributed by atoms with van der Waals surface area (Å²) >= 11 is 0. The summed E-state index contributed by atoms with van der Waals surface area (Å²) in [6, 6.07) is 2.67. The molecule has 0 bridgehead atoms. The quantitative estimate of drug-likeness (QED) is 0.875. The fraction of sp³-hybridized carbons (Fsp3) is 0.571. The zero-order valence-corrected chi connectivity index (χ0v) is 11.7. The van der Waals surface area contributed by atoms with Gasteiger partial charge in [0.1, 0.15) is 17.3 Å². The molecular formula is C14H20F2N2O2. The van der Waals surface area contributed by atoms with Crippen LogP contribution in [0.15, 0.2) is 12.1 Å². The van der Waals surface area contributed by atoms with Crippen LogP contribution in [0.1, 0.15) is 12.5 Å². The molecule has 0 radical (unpaired) electrons. The molecule has 1 aliphatic rings. The minimum Gasteiger partial charge on any atom is -0.394 e. The number of morpholine rings is 1. The summed E-state index contributed by atoms with van der Waals surface area (Å²) in [6.45, 7) is 2.74. The first kappa shape index (κ1) is 15.2. The van der Waals surface area contributed by atoms with Crippen LogP contribution in [0, 0.1) is 11.6 Å². The number of aliphatic hydroxyl groups is 1. The van der Waals surface area contributed by atoms with Gasteiger partial charge in [-0.05, 0) is 31.7 Å². The summed E-state index contributed by atoms with van der Waals surface area (Å²) in [5, 5.41) is 12.0. The Morgan fingerprint density at radius 3 is 2.55 bits per heavy atom. The van der Waals surface area contributed by atoms with Crippen molar-refractivity contribution in [2.24, 2.45) is 0 Å². The second kappa shape index (κ2) is 6.47. The van der Waals surface area contributed by atoms with E-state index in [0.717, 1.165) is 0 Å². The van der Waals surface area contributed by atoms with Crippen LogP contribution in [0.4, 0.5) is 14.5 Å². The van der Waals surface area contributed by atoms with Gasteiger partial charge >= 0.3 is 0 Å². The van der Waals surface area contributed by atoms with Crippen LogP contribution < -0.4 is 10.2 Å². The highest BCUT2D eigenvalue weighted by atomic mass is 19.1. The van der Waals surface area contributed by atoms with E-state index in [1.165, 1.54) is 12.1 Å². The minimum absolute atomic E-state index is 0.0431. The SMILES string of the molecule is CNCc1cc(F)c(N2CC(C)OC(CO)C2)c(F)c1. The normalized spacial score (nSPS) is 23.1. The third-order valence-corrected chi connectivity index (χ3v) is 3.30. The minimum atomic E-state index is -0.582. The predicted octanol–water partition coefficient (Wildman–Crippen LogP) is 1.27. The first-order chi connectivity index (χ1) is 9.55. The van der Waals surface area contributed by atoms with Crippen molar-refractivity contribution in [2.45, 2.75) is 25.7 Å². The highest BCUT2D eigenvalue weighted by Crippen LogP contribution is 2.28. The van der Waals surface area contributed by atoms with E-state index in [2.05, 4.69) is 5.32 Å². The number of ether oxygens (including phenoxy) is 1. The number of benzene rings is 1. The Morgan fingerprint density at radius 1 is 1.35 bits per heavy atom. The van der Waals surface area contributed by atoms with Crippen LogP contribution in [-0.2, 0) is 11.3 Å². The smallest absolute Gasteiger partial charge is 0.149 e. The number of aliphatic hydroxyl groups excluding tert-OH is 1. The van der Waals surface area contributed by atoms with Crippen molar-refractivity contribution < 1.29 is 18.6 Å². The van der Waals surface area contributed by atoms with Gasteiger partial charge in [-0.2, -0.15) is 0 Å². The van der Waals surface area contributed by atoms with Crippen LogP contribution in [0.2, 0.25) is 0 Å². The number of anilines is 1. The predicted molar refractivity (Wildman–Crippen MR) is 72.8 cm³/mol. The lowest BCUT2D eigenvalue weighted by atomic mass is 10.1. The van der Waals surface area contributed by atoms with Crippen molar-refractivity contribution in [3.63, 3.8) is 0 Å². The van der Waals surface area contributed by atoms with E-state index in [4.69, 9.17) is 4.74 Å². The molecule has 2 rings (SSSR count). The molecule has 2 atom stereocenters. The third-order valence-electron chi connectivity index (χ3n) is 3.30. The molecule has 0 aliphatic carbocycles. The van der Waals surface area contributed by atoms with Gasteiger partial charge in [0.25, 0.3) is 0 Å². The topological polar surface area (TPSA) is 44.7 Å². The van der Waals surface area contributed by atoms with E-state index in [1.807, 2.05) is 6.92 Å². The van der Waals surface area contributed by atoms with Gasteiger partial charge in [0.2, 0.25) is 0 Å². The van der Waals surface area contributed by atoms with Crippen LogP contribution >= 0.6 is 0 Å². The van der Waals surface area contributed by atoms with Crippen LogP contribution in [0.25, 0.3) is 0 Å². The average molecular weight is 286 g/mol. The maximum atomic E-state index is 14.2. The lowest BCUT2D eigenvalue weighted by molar-refractivity contribution is -0.0423. The number of rotatable bonds is 4. The molecular weight excluding hydrogens is 266 g/mol. The monoisotopic (exact) mass is 286 g/mol. The first-order valence-electron chi connectivity index (χ1n) is 6.69. The molecule has 20 heavy (non-hydrogen) atoms. The van der Waals surface area contributed by atoms with Gasteiger partial charge in [-0.25, -0.2) is 8.78 Å². The van der Waals surface area contributed by atoms with E-state index in [1.54, 1.807) is 11.9 Å². The maximum absolute atomic E-state index is 14.2. The molecule has 1 aromatic rings. The standard InChI is InChI=1S/C14H20F2N2O2/c1-9-6-18(7-11(8-19)20-9)14-12(15)3-10(5-17-2)4-13(14)16/h3-4,9,11,17,19H,5-8H2,1-2H3. The Kier molecular flexibility index (Phi) is 4.91. The maximum Gasteiger partial charge on any atom is 0.149 e. The molecule has 1 saturated heterocycles. The summed E-state index contributed by atoms with van der Waals surface area (Å²) < 4.78 is 33.8. The molecule has 112 valence electrons. The summed E-state index contributed by atoms with van der Waals surface area (Å²) in [5.74, 6) is -1.16. The highest BCUT2D eigenvalue weighted by Gasteiger charge is 2.28. The average Bonchev–Trinajstić information content (AvgIpc) is 2.37. The Balaban J connectivity index is 2.27. The van der Waals surface area contributed by atoms with E-state index in [9.17, 15) is 13.9 Å². The fourth-order valence-corrected chi connectivity index (χ4v) is 2.55. The molecule has 1 heterocycles. The third kappa shape index (κ3) is 3.26. The van der Waals surface area contributed by atoms with Crippen molar-refractivity contribution in [2.75, 3.05) is 31.6 Å². The van der Waals surface area contributed by atoms with E-state index in [0.29, 0.717) is 18.7 Å². The van der Waals surface area contributed by atoms with Crippen molar-refractivity contribution in [1.29, 1.82) is 0 Å². The Bertz CT molecular complexity index is 447. The summed E-state index contributed by atoms with van der Waals surface area (Å²) in [4.78, 5) is 1.60. The highest BCUT2D eigenvalue weighted by molar-refractivity contribution is 5.51. The molecule has 0 aromatic heterocycles. The van der Waals surface area contributed by atoms with Crippen LogP contribution in [0.3, 0.4) is 0 Å². The largest absolute Gasteiger partial charge is 0.394 e. The molecule has 2 N–H and O–H groups in total. The fourth-order valence-electron chi connectivity index (χ4n) is 2.55. The molecule has 4 nitrogen and oxygen atoms in total. The number of hydrogen-bond donors (Lipinski definition) is 2. The van der Waals surface area contributed by atoms with Gasteiger partial charge in [0, 0.05) is 19.6 Å². The second-order valence-corrected chi connectivity index (χ2v) is 5.09.